The fraction of sp³-hybridized carbons (Fsp3) is 0.0714. The average molecular weight is 209 g/mol. The number of nitrogens with zero attached hydrogens (tertiary/aromatic N) is 1. The zero-order chi connectivity index (χ0) is 11.0. The van der Waals surface area contributed by atoms with Crippen molar-refractivity contribution < 1.29 is 4.42 Å². The van der Waals surface area contributed by atoms with Crippen LogP contribution in [0.3, 0.4) is 0 Å². The van der Waals surface area contributed by atoms with Crippen LogP contribution in [0.5, 0.6) is 0 Å². The van der Waals surface area contributed by atoms with Crippen molar-refractivity contribution in [3.8, 4) is 11.5 Å². The highest BCUT2D eigenvalue weighted by Crippen LogP contribution is 2.28. The number of rotatable bonds is 1. The first-order valence-corrected chi connectivity index (χ1v) is 5.24. The summed E-state index contributed by atoms with van der Waals surface area (Å²) in [6, 6.07) is 12.5. The summed E-state index contributed by atoms with van der Waals surface area (Å²) in [5.74, 6) is 0.684. The van der Waals surface area contributed by atoms with Crippen molar-refractivity contribution in [2.24, 2.45) is 0 Å². The second-order valence-electron chi connectivity index (χ2n) is 3.80. The molecule has 2 aromatic carbocycles. The Morgan fingerprint density at radius 3 is 2.75 bits per heavy atom. The Kier molecular flexibility index (Phi) is 2.00. The van der Waals surface area contributed by atoms with E-state index in [2.05, 4.69) is 42.2 Å². The van der Waals surface area contributed by atoms with Gasteiger partial charge in [-0.15, -0.1) is 0 Å². The van der Waals surface area contributed by atoms with E-state index in [0.717, 1.165) is 5.56 Å². The van der Waals surface area contributed by atoms with Crippen molar-refractivity contribution >= 4 is 10.8 Å². The van der Waals surface area contributed by atoms with Crippen LogP contribution in [0.15, 0.2) is 53.3 Å². The van der Waals surface area contributed by atoms with Gasteiger partial charge >= 0.3 is 0 Å². The molecule has 1 aromatic heterocycles. The van der Waals surface area contributed by atoms with Crippen LogP contribution in [-0.2, 0) is 0 Å². The highest BCUT2D eigenvalue weighted by atomic mass is 16.3. The molecule has 0 aliphatic heterocycles. The Bertz CT molecular complexity index is 626. The lowest BCUT2D eigenvalue weighted by Crippen LogP contribution is -1.85. The molecule has 78 valence electrons. The molecular weight excluding hydrogens is 198 g/mol. The van der Waals surface area contributed by atoms with E-state index >= 15 is 0 Å². The van der Waals surface area contributed by atoms with Crippen LogP contribution >= 0.6 is 0 Å². The van der Waals surface area contributed by atoms with Crippen LogP contribution in [0.4, 0.5) is 0 Å². The highest BCUT2D eigenvalue weighted by Gasteiger charge is 2.08. The van der Waals surface area contributed by atoms with Crippen LogP contribution < -0.4 is 0 Å². The SMILES string of the molecule is Cc1c(-c2ncco2)ccc2ccccc12. The quantitative estimate of drug-likeness (QED) is 0.609. The Labute approximate surface area is 93.5 Å². The molecule has 0 N–H and O–H groups in total. The topological polar surface area (TPSA) is 26.0 Å². The Hall–Kier alpha value is -2.09. The minimum Gasteiger partial charge on any atom is -0.445 e. The largest absolute Gasteiger partial charge is 0.445 e. The first-order chi connectivity index (χ1) is 7.86. The molecule has 2 nitrogen and oxygen atoms in total. The van der Waals surface area contributed by atoms with E-state index < -0.39 is 0 Å². The van der Waals surface area contributed by atoms with Crippen molar-refractivity contribution in [2.45, 2.75) is 6.92 Å². The van der Waals surface area contributed by atoms with E-state index in [1.54, 1.807) is 12.5 Å². The minimum atomic E-state index is 0.684. The third kappa shape index (κ3) is 1.31. The average Bonchev–Trinajstić information content (AvgIpc) is 2.83. The lowest BCUT2D eigenvalue weighted by Gasteiger charge is -2.06. The normalized spacial score (nSPS) is 10.8. The number of hydrogen-bond donors (Lipinski definition) is 0. The second-order valence-corrected chi connectivity index (χ2v) is 3.80. The maximum atomic E-state index is 5.34. The highest BCUT2D eigenvalue weighted by molar-refractivity contribution is 5.90. The summed E-state index contributed by atoms with van der Waals surface area (Å²) in [4.78, 5) is 4.19. The fourth-order valence-corrected chi connectivity index (χ4v) is 2.02. The summed E-state index contributed by atoms with van der Waals surface area (Å²) in [6.07, 6.45) is 3.27. The Balaban J connectivity index is 2.32. The van der Waals surface area contributed by atoms with Gasteiger partial charge in [-0.25, -0.2) is 4.98 Å². The number of benzene rings is 2. The predicted molar refractivity (Wildman–Crippen MR) is 64.2 cm³/mol. The molecule has 0 radical (unpaired) electrons. The van der Waals surface area contributed by atoms with E-state index in [1.165, 1.54) is 16.3 Å². The molecule has 0 spiro atoms. The molecule has 0 saturated carbocycles. The van der Waals surface area contributed by atoms with Crippen LogP contribution in [0.2, 0.25) is 0 Å². The number of fused-ring (bicyclic) bond motifs is 1. The molecule has 0 saturated heterocycles. The minimum absolute atomic E-state index is 0.684. The molecule has 16 heavy (non-hydrogen) atoms. The van der Waals surface area contributed by atoms with Crippen LogP contribution in [0.1, 0.15) is 5.56 Å². The van der Waals surface area contributed by atoms with Gasteiger partial charge in [0.15, 0.2) is 0 Å². The van der Waals surface area contributed by atoms with Crippen LogP contribution in [0, 0.1) is 6.92 Å². The van der Waals surface area contributed by atoms with Crippen molar-refractivity contribution in [1.29, 1.82) is 0 Å². The third-order valence-corrected chi connectivity index (χ3v) is 2.86. The lowest BCUT2D eigenvalue weighted by atomic mass is 10.0. The maximum absolute atomic E-state index is 5.34. The van der Waals surface area contributed by atoms with Gasteiger partial charge in [-0.2, -0.15) is 0 Å². The summed E-state index contributed by atoms with van der Waals surface area (Å²) in [5, 5.41) is 2.49. The zero-order valence-electron chi connectivity index (χ0n) is 8.97. The van der Waals surface area contributed by atoms with Crippen molar-refractivity contribution in [1.82, 2.24) is 4.98 Å². The number of aromatic nitrogens is 1. The first kappa shape index (κ1) is 9.16. The van der Waals surface area contributed by atoms with E-state index in [9.17, 15) is 0 Å². The lowest BCUT2D eigenvalue weighted by molar-refractivity contribution is 0.574. The van der Waals surface area contributed by atoms with E-state index in [1.807, 2.05) is 6.07 Å². The molecule has 0 aliphatic carbocycles. The molecule has 2 heteroatoms. The zero-order valence-corrected chi connectivity index (χ0v) is 8.97. The molecular formula is C14H11NO. The van der Waals surface area contributed by atoms with Gasteiger partial charge in [0, 0.05) is 5.56 Å². The maximum Gasteiger partial charge on any atom is 0.226 e. The van der Waals surface area contributed by atoms with Gasteiger partial charge < -0.3 is 4.42 Å². The van der Waals surface area contributed by atoms with E-state index in [0.29, 0.717) is 5.89 Å². The summed E-state index contributed by atoms with van der Waals surface area (Å²) >= 11 is 0. The number of oxazole rings is 1. The fourth-order valence-electron chi connectivity index (χ4n) is 2.02. The molecule has 3 rings (SSSR count). The van der Waals surface area contributed by atoms with Crippen LogP contribution in [0.25, 0.3) is 22.2 Å². The molecule has 0 atom stereocenters. The molecule has 3 aromatic rings. The van der Waals surface area contributed by atoms with Crippen molar-refractivity contribution in [3.63, 3.8) is 0 Å². The van der Waals surface area contributed by atoms with Gasteiger partial charge in [-0.1, -0.05) is 30.3 Å². The third-order valence-electron chi connectivity index (χ3n) is 2.86. The second kappa shape index (κ2) is 3.49. The summed E-state index contributed by atoms with van der Waals surface area (Å²) in [6.45, 7) is 2.10. The molecule has 0 fully saturated rings. The van der Waals surface area contributed by atoms with Gasteiger partial charge in [0.05, 0.1) is 6.20 Å². The van der Waals surface area contributed by atoms with E-state index in [4.69, 9.17) is 4.42 Å². The standard InChI is InChI=1S/C14H11NO/c1-10-12-5-3-2-4-11(12)6-7-13(10)14-15-8-9-16-14/h2-9H,1H3. The monoisotopic (exact) mass is 209 g/mol. The molecule has 0 bridgehead atoms. The Morgan fingerprint density at radius 2 is 1.94 bits per heavy atom. The smallest absolute Gasteiger partial charge is 0.226 e. The number of aryl methyl sites for hydroxylation is 1. The van der Waals surface area contributed by atoms with E-state index in [-0.39, 0.29) is 0 Å². The molecule has 0 amide bonds. The van der Waals surface area contributed by atoms with Gasteiger partial charge in [0.2, 0.25) is 5.89 Å². The predicted octanol–water partition coefficient (Wildman–Crippen LogP) is 3.80. The summed E-state index contributed by atoms with van der Waals surface area (Å²) in [5.41, 5.74) is 2.27. The Morgan fingerprint density at radius 1 is 1.06 bits per heavy atom. The van der Waals surface area contributed by atoms with Crippen molar-refractivity contribution in [3.05, 3.63) is 54.4 Å². The summed E-state index contributed by atoms with van der Waals surface area (Å²) in [7, 11) is 0. The van der Waals surface area contributed by atoms with Gasteiger partial charge in [-0.3, -0.25) is 0 Å². The van der Waals surface area contributed by atoms with Crippen molar-refractivity contribution in [2.75, 3.05) is 0 Å². The first-order valence-electron chi connectivity index (χ1n) is 5.24. The molecule has 0 aliphatic rings. The van der Waals surface area contributed by atoms with Gasteiger partial charge in [0.25, 0.3) is 0 Å². The van der Waals surface area contributed by atoms with Gasteiger partial charge in [0.1, 0.15) is 6.26 Å². The molecule has 1 heterocycles. The number of hydrogen-bond acceptors (Lipinski definition) is 2. The van der Waals surface area contributed by atoms with Crippen LogP contribution in [-0.4, -0.2) is 4.98 Å². The summed E-state index contributed by atoms with van der Waals surface area (Å²) < 4.78 is 5.34. The van der Waals surface area contributed by atoms with Gasteiger partial charge in [-0.05, 0) is 29.3 Å². The molecule has 0 unspecified atom stereocenters.